The molecule has 2 aromatic carbocycles. The second-order valence-corrected chi connectivity index (χ2v) is 8.23. The number of para-hydroxylation sites is 1. The van der Waals surface area contributed by atoms with Crippen molar-refractivity contribution in [2.24, 2.45) is 0 Å². The van der Waals surface area contributed by atoms with Crippen LogP contribution >= 0.6 is 11.6 Å². The molecule has 0 saturated heterocycles. The third-order valence-corrected chi connectivity index (χ3v) is 5.21. The molecule has 134 valence electrons. The summed E-state index contributed by atoms with van der Waals surface area (Å²) in [6.07, 6.45) is 1.05. The Balaban J connectivity index is 2.15. The number of sulfonamides is 1. The maximum atomic E-state index is 12.4. The molecule has 0 saturated carbocycles. The van der Waals surface area contributed by atoms with E-state index in [1.54, 1.807) is 24.3 Å². The van der Waals surface area contributed by atoms with E-state index in [0.717, 1.165) is 21.7 Å². The molecule has 0 aliphatic carbocycles. The molecule has 0 bridgehead atoms. The first-order valence-corrected chi connectivity index (χ1v) is 9.99. The topological polar surface area (TPSA) is 66.5 Å². The molecule has 0 fully saturated rings. The van der Waals surface area contributed by atoms with Crippen LogP contribution in [0.2, 0.25) is 5.02 Å². The van der Waals surface area contributed by atoms with E-state index in [1.807, 2.05) is 38.1 Å². The smallest absolute Gasteiger partial charge is 0.241 e. The predicted molar refractivity (Wildman–Crippen MR) is 101 cm³/mol. The van der Waals surface area contributed by atoms with Crippen molar-refractivity contribution < 1.29 is 13.2 Å². The van der Waals surface area contributed by atoms with Gasteiger partial charge < -0.3 is 5.32 Å². The van der Waals surface area contributed by atoms with E-state index in [4.69, 9.17) is 11.6 Å². The molecule has 0 aliphatic rings. The highest BCUT2D eigenvalue weighted by Gasteiger charge is 2.23. The molecule has 25 heavy (non-hydrogen) atoms. The summed E-state index contributed by atoms with van der Waals surface area (Å²) in [6.45, 7) is 3.50. The van der Waals surface area contributed by atoms with Crippen LogP contribution in [-0.4, -0.2) is 27.1 Å². The average Bonchev–Trinajstić information content (AvgIpc) is 2.53. The van der Waals surface area contributed by atoms with Crippen molar-refractivity contribution in [1.82, 2.24) is 5.32 Å². The van der Waals surface area contributed by atoms with Gasteiger partial charge in [0.25, 0.3) is 0 Å². The molecule has 0 radical (unpaired) electrons. The Hall–Kier alpha value is -2.05. The van der Waals surface area contributed by atoms with Gasteiger partial charge in [-0.2, -0.15) is 0 Å². The van der Waals surface area contributed by atoms with Crippen molar-refractivity contribution in [1.29, 1.82) is 0 Å². The molecule has 2 aromatic rings. The van der Waals surface area contributed by atoms with Crippen LogP contribution in [0.4, 0.5) is 5.69 Å². The number of nitrogens with zero attached hydrogens (tertiary/aromatic N) is 1. The number of halogens is 1. The van der Waals surface area contributed by atoms with Crippen LogP contribution in [-0.2, 0) is 14.8 Å². The molecule has 0 unspecified atom stereocenters. The van der Waals surface area contributed by atoms with Crippen molar-refractivity contribution in [3.63, 3.8) is 0 Å². The first-order valence-electron chi connectivity index (χ1n) is 7.76. The van der Waals surface area contributed by atoms with Crippen LogP contribution in [0.5, 0.6) is 0 Å². The van der Waals surface area contributed by atoms with Crippen LogP contribution in [0.3, 0.4) is 0 Å². The Morgan fingerprint density at radius 1 is 1.16 bits per heavy atom. The van der Waals surface area contributed by atoms with Gasteiger partial charge in [0.1, 0.15) is 6.54 Å². The molecular formula is C18H21ClN2O3S. The maximum Gasteiger partial charge on any atom is 0.241 e. The lowest BCUT2D eigenvalue weighted by Gasteiger charge is -2.24. The Labute approximate surface area is 153 Å². The maximum absolute atomic E-state index is 12.4. The molecule has 0 spiro atoms. The quantitative estimate of drug-likeness (QED) is 0.836. The minimum absolute atomic E-state index is 0.235. The molecule has 5 nitrogen and oxygen atoms in total. The Kier molecular flexibility index (Phi) is 6.08. The summed E-state index contributed by atoms with van der Waals surface area (Å²) in [6, 6.07) is 14.1. The van der Waals surface area contributed by atoms with Crippen LogP contribution in [0.1, 0.15) is 24.1 Å². The summed E-state index contributed by atoms with van der Waals surface area (Å²) in [5, 5.41) is 3.09. The van der Waals surface area contributed by atoms with Gasteiger partial charge in [-0.05, 0) is 31.5 Å². The van der Waals surface area contributed by atoms with Crippen LogP contribution in [0, 0.1) is 6.92 Å². The lowest BCUT2D eigenvalue weighted by molar-refractivity contribution is -0.120. The lowest BCUT2D eigenvalue weighted by Crippen LogP contribution is -2.41. The fourth-order valence-corrected chi connectivity index (χ4v) is 3.55. The summed E-state index contributed by atoms with van der Waals surface area (Å²) in [7, 11) is -3.65. The highest BCUT2D eigenvalue weighted by molar-refractivity contribution is 7.92. The molecule has 0 heterocycles. The second-order valence-electron chi connectivity index (χ2n) is 5.92. The SMILES string of the molecule is Cc1ccc([C@H](C)NC(=O)CN(c2ccccc2Cl)S(C)(=O)=O)cc1. The van der Waals surface area contributed by atoms with Gasteiger partial charge in [0.2, 0.25) is 15.9 Å². The van der Waals surface area contributed by atoms with Gasteiger partial charge in [-0.15, -0.1) is 0 Å². The van der Waals surface area contributed by atoms with E-state index in [0.29, 0.717) is 0 Å². The van der Waals surface area contributed by atoms with Crippen molar-refractivity contribution in [2.75, 3.05) is 17.1 Å². The molecule has 0 aliphatic heterocycles. The fourth-order valence-electron chi connectivity index (χ4n) is 2.39. The number of aryl methyl sites for hydroxylation is 1. The summed E-state index contributed by atoms with van der Waals surface area (Å²) < 4.78 is 25.2. The minimum Gasteiger partial charge on any atom is -0.348 e. The molecule has 2 rings (SSSR count). The van der Waals surface area contributed by atoms with E-state index in [-0.39, 0.29) is 23.3 Å². The summed E-state index contributed by atoms with van der Waals surface area (Å²) in [4.78, 5) is 12.4. The zero-order chi connectivity index (χ0) is 18.6. The third-order valence-electron chi connectivity index (χ3n) is 3.76. The van der Waals surface area contributed by atoms with Gasteiger partial charge >= 0.3 is 0 Å². The van der Waals surface area contributed by atoms with Crippen LogP contribution in [0.25, 0.3) is 0 Å². The van der Waals surface area contributed by atoms with Gasteiger partial charge in [0, 0.05) is 0 Å². The zero-order valence-electron chi connectivity index (χ0n) is 14.4. The van der Waals surface area contributed by atoms with Gasteiger partial charge in [0.05, 0.1) is 23.0 Å². The molecule has 1 atom stereocenters. The molecule has 0 aromatic heterocycles. The van der Waals surface area contributed by atoms with Crippen molar-refractivity contribution in [2.45, 2.75) is 19.9 Å². The Morgan fingerprint density at radius 3 is 2.32 bits per heavy atom. The monoisotopic (exact) mass is 380 g/mol. The summed E-state index contributed by atoms with van der Waals surface area (Å²) >= 11 is 6.09. The van der Waals surface area contributed by atoms with Crippen LogP contribution < -0.4 is 9.62 Å². The average molecular weight is 381 g/mol. The molecule has 1 N–H and O–H groups in total. The number of benzene rings is 2. The minimum atomic E-state index is -3.65. The number of nitrogens with one attached hydrogen (secondary N) is 1. The molecule has 7 heteroatoms. The number of hydrogen-bond donors (Lipinski definition) is 1. The van der Waals surface area contributed by atoms with Gasteiger partial charge in [-0.25, -0.2) is 8.42 Å². The van der Waals surface area contributed by atoms with E-state index >= 15 is 0 Å². The Bertz CT molecular complexity index is 851. The zero-order valence-corrected chi connectivity index (χ0v) is 15.9. The van der Waals surface area contributed by atoms with Crippen molar-refractivity contribution in [3.8, 4) is 0 Å². The second kappa shape index (κ2) is 7.89. The number of rotatable bonds is 6. The van der Waals surface area contributed by atoms with Gasteiger partial charge in [-0.3, -0.25) is 9.10 Å². The van der Waals surface area contributed by atoms with Gasteiger partial charge in [0.15, 0.2) is 0 Å². The Morgan fingerprint density at radius 2 is 1.76 bits per heavy atom. The van der Waals surface area contributed by atoms with E-state index < -0.39 is 15.9 Å². The first-order chi connectivity index (χ1) is 11.7. The summed E-state index contributed by atoms with van der Waals surface area (Å²) in [5.41, 5.74) is 2.36. The lowest BCUT2D eigenvalue weighted by atomic mass is 10.1. The largest absolute Gasteiger partial charge is 0.348 e. The standard InChI is InChI=1S/C18H21ClN2O3S/c1-13-8-10-15(11-9-13)14(2)20-18(22)12-21(25(3,23)24)17-7-5-4-6-16(17)19/h4-11,14H,12H2,1-3H3,(H,20,22)/t14-/m0/s1. The normalized spacial score (nSPS) is 12.5. The van der Waals surface area contributed by atoms with Crippen molar-refractivity contribution >= 4 is 33.2 Å². The molecule has 1 amide bonds. The van der Waals surface area contributed by atoms with E-state index in [1.165, 1.54) is 0 Å². The highest BCUT2D eigenvalue weighted by Crippen LogP contribution is 2.27. The van der Waals surface area contributed by atoms with E-state index in [2.05, 4.69) is 5.32 Å². The number of amides is 1. The number of anilines is 1. The van der Waals surface area contributed by atoms with Crippen molar-refractivity contribution in [3.05, 3.63) is 64.7 Å². The third kappa shape index (κ3) is 5.21. The van der Waals surface area contributed by atoms with Gasteiger partial charge in [-0.1, -0.05) is 53.6 Å². The highest BCUT2D eigenvalue weighted by atomic mass is 35.5. The molecular weight excluding hydrogens is 360 g/mol. The number of carbonyl (C=O) groups excluding carboxylic acids is 1. The van der Waals surface area contributed by atoms with E-state index in [9.17, 15) is 13.2 Å². The predicted octanol–water partition coefficient (Wildman–Crippen LogP) is 3.29. The fraction of sp³-hybridized carbons (Fsp3) is 0.278. The number of carbonyl (C=O) groups is 1. The number of hydrogen-bond acceptors (Lipinski definition) is 3. The summed E-state index contributed by atoms with van der Waals surface area (Å²) in [5.74, 6) is -0.404. The van der Waals surface area contributed by atoms with Crippen LogP contribution in [0.15, 0.2) is 48.5 Å². The first kappa shape index (κ1) is 19.3.